The van der Waals surface area contributed by atoms with Crippen LogP contribution in [-0.4, -0.2) is 12.6 Å². The standard InChI is InChI=1S/C71H142O2/c1-3-5-7-9-11-13-15-17-19-21-23-25-27-29-31-33-35-37-38-39-41-43-45-47-49-51-53-55-57-59-61-63-65-67-69-71(72)73-70-68-66-64-62-60-58-56-54-52-50-48-46-44-42-40-36-34-32-30-28-26-24-22-20-18-16-14-12-10-8-6-4-2/h3-70H2,1-2H3. The molecule has 0 saturated carbocycles. The number of rotatable bonds is 68. The highest BCUT2D eigenvalue weighted by Gasteiger charge is 2.04. The van der Waals surface area contributed by atoms with E-state index in [9.17, 15) is 4.79 Å². The number of carbonyl (C=O) groups is 1. The van der Waals surface area contributed by atoms with Gasteiger partial charge in [-0.05, 0) is 12.8 Å². The van der Waals surface area contributed by atoms with E-state index in [1.54, 1.807) is 0 Å². The minimum Gasteiger partial charge on any atom is -0.466 e. The molecule has 438 valence electrons. The maximum absolute atomic E-state index is 12.2. The summed E-state index contributed by atoms with van der Waals surface area (Å²) in [5.41, 5.74) is 0. The second-order valence-electron chi connectivity index (χ2n) is 24.6. The molecule has 73 heavy (non-hydrogen) atoms. The average Bonchev–Trinajstić information content (AvgIpc) is 3.40. The van der Waals surface area contributed by atoms with Crippen molar-refractivity contribution in [2.75, 3.05) is 6.61 Å². The maximum Gasteiger partial charge on any atom is 0.305 e. The summed E-state index contributed by atoms with van der Waals surface area (Å²) >= 11 is 0. The molecule has 0 aliphatic carbocycles. The summed E-state index contributed by atoms with van der Waals surface area (Å²) in [6, 6.07) is 0. The number of carbonyl (C=O) groups excluding carboxylic acids is 1. The second kappa shape index (κ2) is 69.5. The van der Waals surface area contributed by atoms with Crippen LogP contribution in [-0.2, 0) is 9.53 Å². The molecule has 0 aromatic carbocycles. The minimum absolute atomic E-state index is 0.0386. The Kier molecular flexibility index (Phi) is 69.0. The third-order valence-corrected chi connectivity index (χ3v) is 17.0. The number of ether oxygens (including phenoxy) is 1. The molecule has 0 amide bonds. The van der Waals surface area contributed by atoms with E-state index in [2.05, 4.69) is 13.8 Å². The summed E-state index contributed by atoms with van der Waals surface area (Å²) < 4.78 is 5.54. The highest BCUT2D eigenvalue weighted by Crippen LogP contribution is 2.20. The normalized spacial score (nSPS) is 11.6. The molecule has 0 unspecified atom stereocenters. The molecule has 0 aromatic heterocycles. The Morgan fingerprint density at radius 2 is 0.301 bits per heavy atom. The van der Waals surface area contributed by atoms with E-state index in [4.69, 9.17) is 4.74 Å². The fourth-order valence-corrected chi connectivity index (χ4v) is 11.7. The predicted octanol–water partition coefficient (Wildman–Crippen LogP) is 26.7. The van der Waals surface area contributed by atoms with E-state index >= 15 is 0 Å². The molecule has 0 aliphatic heterocycles. The van der Waals surface area contributed by atoms with Gasteiger partial charge >= 0.3 is 5.97 Å². The minimum atomic E-state index is 0.0386. The van der Waals surface area contributed by atoms with Crippen molar-refractivity contribution < 1.29 is 9.53 Å². The van der Waals surface area contributed by atoms with Crippen molar-refractivity contribution in [3.05, 3.63) is 0 Å². The molecule has 0 spiro atoms. The van der Waals surface area contributed by atoms with Crippen molar-refractivity contribution in [2.24, 2.45) is 0 Å². The van der Waals surface area contributed by atoms with Crippen molar-refractivity contribution >= 4 is 5.97 Å². The first-order valence-electron chi connectivity index (χ1n) is 35.5. The van der Waals surface area contributed by atoms with Gasteiger partial charge in [0.15, 0.2) is 0 Å². The van der Waals surface area contributed by atoms with Crippen LogP contribution >= 0.6 is 0 Å². The fourth-order valence-electron chi connectivity index (χ4n) is 11.7. The Morgan fingerprint density at radius 3 is 0.452 bits per heavy atom. The van der Waals surface area contributed by atoms with Crippen LogP contribution in [0.4, 0.5) is 0 Å². The first-order chi connectivity index (χ1) is 36.3. The number of unbranched alkanes of at least 4 members (excludes halogenated alkanes) is 64. The van der Waals surface area contributed by atoms with Gasteiger partial charge in [0.05, 0.1) is 6.61 Å². The summed E-state index contributed by atoms with van der Waals surface area (Å²) in [7, 11) is 0. The first-order valence-corrected chi connectivity index (χ1v) is 35.5. The summed E-state index contributed by atoms with van der Waals surface area (Å²) in [6.07, 6.45) is 95.2. The molecule has 2 heteroatoms. The van der Waals surface area contributed by atoms with Gasteiger partial charge < -0.3 is 4.74 Å². The van der Waals surface area contributed by atoms with Crippen LogP contribution in [0, 0.1) is 0 Å². The van der Waals surface area contributed by atoms with Gasteiger partial charge in [-0.3, -0.25) is 4.79 Å². The molecule has 0 saturated heterocycles. The monoisotopic (exact) mass is 1030 g/mol. The molecular formula is C71H142O2. The summed E-state index contributed by atoms with van der Waals surface area (Å²) in [6.45, 7) is 5.26. The number of esters is 1. The molecule has 0 fully saturated rings. The highest BCUT2D eigenvalue weighted by molar-refractivity contribution is 5.69. The quantitative estimate of drug-likeness (QED) is 0.0448. The third-order valence-electron chi connectivity index (χ3n) is 17.0. The van der Waals surface area contributed by atoms with Gasteiger partial charge in [0.2, 0.25) is 0 Å². The van der Waals surface area contributed by atoms with Crippen molar-refractivity contribution in [3.8, 4) is 0 Å². The largest absolute Gasteiger partial charge is 0.466 e. The average molecular weight is 1030 g/mol. The van der Waals surface area contributed by atoms with E-state index < -0.39 is 0 Å². The molecule has 0 aromatic rings. The SMILES string of the molecule is CCCCCCCCCCCCCCCCCCCCCCCCCCCCCCCCCCCCC(=O)OCCCCCCCCCCCCCCCCCCCCCCCCCCCCCCCCCC. The summed E-state index contributed by atoms with van der Waals surface area (Å²) in [5.74, 6) is 0.0386. The smallest absolute Gasteiger partial charge is 0.305 e. The number of hydrogen-bond donors (Lipinski definition) is 0. The van der Waals surface area contributed by atoms with Crippen LogP contribution in [0.2, 0.25) is 0 Å². The summed E-state index contributed by atoms with van der Waals surface area (Å²) in [5, 5.41) is 0. The Bertz CT molecular complexity index is 944. The van der Waals surface area contributed by atoms with Crippen molar-refractivity contribution in [2.45, 2.75) is 444 Å². The van der Waals surface area contributed by atoms with Gasteiger partial charge in [-0.15, -0.1) is 0 Å². The second-order valence-corrected chi connectivity index (χ2v) is 24.6. The zero-order valence-corrected chi connectivity index (χ0v) is 51.4. The molecule has 2 nitrogen and oxygen atoms in total. The Labute approximate surface area is 464 Å². The van der Waals surface area contributed by atoms with E-state index in [1.807, 2.05) is 0 Å². The molecule has 0 rings (SSSR count). The van der Waals surface area contributed by atoms with Gasteiger partial charge in [-0.2, -0.15) is 0 Å². The lowest BCUT2D eigenvalue weighted by atomic mass is 10.0. The fraction of sp³-hybridized carbons (Fsp3) is 0.986. The molecular weight excluding hydrogens is 885 g/mol. The van der Waals surface area contributed by atoms with Gasteiger partial charge in [0.1, 0.15) is 0 Å². The zero-order valence-electron chi connectivity index (χ0n) is 51.4. The van der Waals surface area contributed by atoms with Crippen LogP contribution < -0.4 is 0 Å². The Hall–Kier alpha value is -0.530. The lowest BCUT2D eigenvalue weighted by molar-refractivity contribution is -0.143. The zero-order chi connectivity index (χ0) is 52.4. The van der Waals surface area contributed by atoms with Gasteiger partial charge in [-0.1, -0.05) is 425 Å². The Morgan fingerprint density at radius 1 is 0.178 bits per heavy atom. The van der Waals surface area contributed by atoms with Crippen molar-refractivity contribution in [1.82, 2.24) is 0 Å². The van der Waals surface area contributed by atoms with Crippen LogP contribution in [0.15, 0.2) is 0 Å². The predicted molar refractivity (Wildman–Crippen MR) is 332 cm³/mol. The molecule has 0 N–H and O–H groups in total. The molecule has 0 aliphatic rings. The van der Waals surface area contributed by atoms with Crippen LogP contribution in [0.3, 0.4) is 0 Å². The third kappa shape index (κ3) is 69.5. The molecule has 0 heterocycles. The Balaban J connectivity index is 3.14. The van der Waals surface area contributed by atoms with E-state index in [0.717, 1.165) is 12.8 Å². The molecule has 0 bridgehead atoms. The van der Waals surface area contributed by atoms with Crippen LogP contribution in [0.1, 0.15) is 444 Å². The highest BCUT2D eigenvalue weighted by atomic mass is 16.5. The maximum atomic E-state index is 12.2. The summed E-state index contributed by atoms with van der Waals surface area (Å²) in [4.78, 5) is 12.2. The first kappa shape index (κ1) is 72.5. The number of hydrogen-bond acceptors (Lipinski definition) is 2. The van der Waals surface area contributed by atoms with Crippen LogP contribution in [0.25, 0.3) is 0 Å². The van der Waals surface area contributed by atoms with Crippen LogP contribution in [0.5, 0.6) is 0 Å². The molecule has 0 radical (unpaired) electrons. The lowest BCUT2D eigenvalue weighted by Crippen LogP contribution is -2.05. The van der Waals surface area contributed by atoms with Crippen molar-refractivity contribution in [1.29, 1.82) is 0 Å². The van der Waals surface area contributed by atoms with Crippen molar-refractivity contribution in [3.63, 3.8) is 0 Å². The van der Waals surface area contributed by atoms with E-state index in [-0.39, 0.29) is 5.97 Å². The van der Waals surface area contributed by atoms with Gasteiger partial charge in [-0.25, -0.2) is 0 Å². The van der Waals surface area contributed by atoms with E-state index in [1.165, 1.54) is 411 Å². The van der Waals surface area contributed by atoms with Gasteiger partial charge in [0, 0.05) is 6.42 Å². The van der Waals surface area contributed by atoms with Gasteiger partial charge in [0.25, 0.3) is 0 Å². The molecule has 0 atom stereocenters. The topological polar surface area (TPSA) is 26.3 Å². The van der Waals surface area contributed by atoms with E-state index in [0.29, 0.717) is 13.0 Å². The lowest BCUT2D eigenvalue weighted by Gasteiger charge is -2.06.